The second-order valence-corrected chi connectivity index (χ2v) is 10.7. The van der Waals surface area contributed by atoms with E-state index in [1.54, 1.807) is 12.4 Å². The predicted molar refractivity (Wildman–Crippen MR) is 158 cm³/mol. The Morgan fingerprint density at radius 3 is 2.62 bits per heavy atom. The highest BCUT2D eigenvalue weighted by atomic mass is 35.5. The number of aromatic nitrogens is 2. The van der Waals surface area contributed by atoms with Crippen molar-refractivity contribution < 1.29 is 14.1 Å². The summed E-state index contributed by atoms with van der Waals surface area (Å²) < 4.78 is 7.31. The van der Waals surface area contributed by atoms with E-state index in [1.807, 2.05) is 35.2 Å². The van der Waals surface area contributed by atoms with Crippen molar-refractivity contribution >= 4 is 35.2 Å². The minimum atomic E-state index is -0.280. The molecule has 0 radical (unpaired) electrons. The first-order valence-electron chi connectivity index (χ1n) is 13.7. The number of allylic oxidation sites excluding steroid dienone is 4. The third-order valence-corrected chi connectivity index (χ3v) is 7.94. The summed E-state index contributed by atoms with van der Waals surface area (Å²) in [5, 5.41) is 0.675. The largest absolute Gasteiger partial charge is 0.453 e. The number of hydrogen-bond acceptors (Lipinski definition) is 4. The zero-order valence-corrected chi connectivity index (χ0v) is 23.8. The number of halogens is 1. The number of hydrogen-bond donors (Lipinski definition) is 0. The molecule has 1 aromatic carbocycles. The lowest BCUT2D eigenvalue weighted by molar-refractivity contribution is -0.347. The van der Waals surface area contributed by atoms with E-state index in [0.29, 0.717) is 23.3 Å². The topological polar surface area (TPSA) is 58.3 Å². The van der Waals surface area contributed by atoms with Gasteiger partial charge in [0.1, 0.15) is 0 Å². The molecule has 7 heteroatoms. The summed E-state index contributed by atoms with van der Waals surface area (Å²) >= 11 is 6.18. The molecule has 0 spiro atoms. The summed E-state index contributed by atoms with van der Waals surface area (Å²) in [5.41, 5.74) is 2.81. The lowest BCUT2D eigenvalue weighted by atomic mass is 9.83. The first-order valence-corrected chi connectivity index (χ1v) is 14.0. The van der Waals surface area contributed by atoms with Crippen LogP contribution in [0.4, 0.5) is 4.79 Å². The number of benzene rings is 1. The molecule has 4 unspecified atom stereocenters. The van der Waals surface area contributed by atoms with E-state index in [-0.39, 0.29) is 24.0 Å². The fraction of sp³-hybridized carbons (Fsp3) is 0.375. The standard InChI is InChI=1S/C32H38ClN4O2/c1-5-23(2)29(31-34-18-9-19-35-31)22-36(24(3)26-13-15-28(33)16-14-26)20-25-12-17-30(27-10-7-6-8-11-27)37(21-25)32(38)39-4/h6-10,13-16,18-20,22-23,25,27,30H,3,5,11-12,17,21H2,1-2,4H3/q+1. The number of methoxy groups -OCH3 is 1. The molecule has 2 heterocycles. The van der Waals surface area contributed by atoms with Crippen LogP contribution >= 0.6 is 11.6 Å². The molecule has 1 fully saturated rings. The summed E-state index contributed by atoms with van der Waals surface area (Å²) in [4.78, 5) is 23.9. The summed E-state index contributed by atoms with van der Waals surface area (Å²) in [5.74, 6) is 1.34. The van der Waals surface area contributed by atoms with Crippen molar-refractivity contribution in [1.82, 2.24) is 14.9 Å². The van der Waals surface area contributed by atoms with Crippen LogP contribution in [0.3, 0.4) is 0 Å². The zero-order valence-electron chi connectivity index (χ0n) is 23.0. The number of likely N-dealkylation sites (tertiary alicyclic amines) is 1. The van der Waals surface area contributed by atoms with Crippen molar-refractivity contribution in [2.24, 2.45) is 17.8 Å². The van der Waals surface area contributed by atoms with Crippen LogP contribution in [0, 0.1) is 17.8 Å². The van der Waals surface area contributed by atoms with Gasteiger partial charge in [0.25, 0.3) is 0 Å². The van der Waals surface area contributed by atoms with E-state index in [9.17, 15) is 4.79 Å². The van der Waals surface area contributed by atoms with Crippen LogP contribution in [0.5, 0.6) is 0 Å². The third-order valence-electron chi connectivity index (χ3n) is 7.69. The Balaban J connectivity index is 1.72. The van der Waals surface area contributed by atoms with Crippen LogP contribution in [-0.2, 0) is 4.74 Å². The summed E-state index contributed by atoms with van der Waals surface area (Å²) in [7, 11) is 1.46. The lowest BCUT2D eigenvalue weighted by Gasteiger charge is -2.40. The molecule has 1 amide bonds. The Morgan fingerprint density at radius 1 is 1.23 bits per heavy atom. The van der Waals surface area contributed by atoms with E-state index in [4.69, 9.17) is 16.3 Å². The zero-order chi connectivity index (χ0) is 27.8. The molecule has 4 rings (SSSR count). The molecule has 1 aromatic heterocycles. The highest BCUT2D eigenvalue weighted by Crippen LogP contribution is 2.32. The molecule has 2 aliphatic rings. The van der Waals surface area contributed by atoms with Crippen LogP contribution in [0.2, 0.25) is 5.02 Å². The highest BCUT2D eigenvalue weighted by molar-refractivity contribution is 6.30. The highest BCUT2D eigenvalue weighted by Gasteiger charge is 2.37. The molecule has 6 nitrogen and oxygen atoms in total. The number of carbonyl (C=O) groups excluding carboxylic acids is 1. The van der Waals surface area contributed by atoms with E-state index in [1.165, 1.54) is 7.11 Å². The molecule has 1 aliphatic heterocycles. The van der Waals surface area contributed by atoms with Gasteiger partial charge in [-0.15, -0.1) is 0 Å². The van der Waals surface area contributed by atoms with Crippen molar-refractivity contribution in [1.29, 1.82) is 0 Å². The number of ether oxygens (including phenoxy) is 1. The van der Waals surface area contributed by atoms with Crippen molar-refractivity contribution in [3.05, 3.63) is 96.2 Å². The Labute approximate surface area is 237 Å². The molecular formula is C32H38ClN4O2+. The van der Waals surface area contributed by atoms with Gasteiger partial charge >= 0.3 is 6.09 Å². The Hall–Kier alpha value is -3.51. The second kappa shape index (κ2) is 13.5. The summed E-state index contributed by atoms with van der Waals surface area (Å²) in [6.45, 7) is 9.37. The summed E-state index contributed by atoms with van der Waals surface area (Å²) in [6.07, 6.45) is 19.8. The number of piperidine rings is 1. The van der Waals surface area contributed by atoms with Crippen LogP contribution in [-0.4, -0.2) is 51.4 Å². The number of rotatable bonds is 8. The second-order valence-electron chi connectivity index (χ2n) is 10.2. The average Bonchev–Trinajstić information content (AvgIpc) is 2.99. The number of amides is 1. The molecule has 1 saturated heterocycles. The van der Waals surface area contributed by atoms with Gasteiger partial charge in [-0.25, -0.2) is 14.8 Å². The van der Waals surface area contributed by atoms with Gasteiger partial charge in [-0.2, -0.15) is 4.58 Å². The van der Waals surface area contributed by atoms with Gasteiger partial charge in [0, 0.05) is 41.5 Å². The van der Waals surface area contributed by atoms with E-state index in [2.05, 4.69) is 71.7 Å². The van der Waals surface area contributed by atoms with E-state index < -0.39 is 0 Å². The molecule has 1 aliphatic carbocycles. The van der Waals surface area contributed by atoms with Crippen LogP contribution < -0.4 is 0 Å². The minimum absolute atomic E-state index is 0.110. The molecule has 2 aromatic rings. The van der Waals surface area contributed by atoms with E-state index >= 15 is 0 Å². The number of carbonyl (C=O) groups is 1. The van der Waals surface area contributed by atoms with Gasteiger partial charge in [0.15, 0.2) is 18.2 Å². The molecule has 0 bridgehead atoms. The first kappa shape index (κ1) is 28.5. The lowest BCUT2D eigenvalue weighted by Crippen LogP contribution is -2.50. The normalized spacial score (nSPS) is 22.5. The quantitative estimate of drug-likeness (QED) is 0.259. The average molecular weight is 546 g/mol. The molecule has 39 heavy (non-hydrogen) atoms. The van der Waals surface area contributed by atoms with Gasteiger partial charge in [-0.1, -0.05) is 49.8 Å². The fourth-order valence-electron chi connectivity index (χ4n) is 5.25. The van der Waals surface area contributed by atoms with Crippen LogP contribution in [0.1, 0.15) is 50.9 Å². The Bertz CT molecular complexity index is 1270. The van der Waals surface area contributed by atoms with Crippen LogP contribution in [0.25, 0.3) is 11.3 Å². The van der Waals surface area contributed by atoms with Crippen molar-refractivity contribution in [3.63, 3.8) is 0 Å². The van der Waals surface area contributed by atoms with Gasteiger partial charge < -0.3 is 9.64 Å². The van der Waals surface area contributed by atoms with Crippen LogP contribution in [0.15, 0.2) is 79.8 Å². The molecular weight excluding hydrogens is 508 g/mol. The Kier molecular flexibility index (Phi) is 9.88. The fourth-order valence-corrected chi connectivity index (χ4v) is 5.38. The van der Waals surface area contributed by atoms with Crippen molar-refractivity contribution in [2.45, 2.75) is 45.6 Å². The number of nitrogens with zero attached hydrogens (tertiary/aromatic N) is 4. The van der Waals surface area contributed by atoms with Crippen molar-refractivity contribution in [3.8, 4) is 0 Å². The van der Waals surface area contributed by atoms with E-state index in [0.717, 1.165) is 42.5 Å². The maximum absolute atomic E-state index is 12.9. The van der Waals surface area contributed by atoms with Gasteiger partial charge in [0.2, 0.25) is 5.70 Å². The molecule has 0 N–H and O–H groups in total. The molecule has 204 valence electrons. The monoisotopic (exact) mass is 545 g/mol. The molecule has 0 saturated carbocycles. The maximum atomic E-state index is 12.9. The maximum Gasteiger partial charge on any atom is 0.409 e. The summed E-state index contributed by atoms with van der Waals surface area (Å²) in [6, 6.07) is 9.63. The molecule has 4 atom stereocenters. The van der Waals surface area contributed by atoms with Gasteiger partial charge in [-0.05, 0) is 68.5 Å². The first-order chi connectivity index (χ1) is 18.9. The Morgan fingerprint density at radius 2 is 1.97 bits per heavy atom. The third kappa shape index (κ3) is 7.12. The minimum Gasteiger partial charge on any atom is -0.453 e. The predicted octanol–water partition coefficient (Wildman–Crippen LogP) is 7.25. The van der Waals surface area contributed by atoms with Gasteiger partial charge in [0.05, 0.1) is 18.6 Å². The smallest absolute Gasteiger partial charge is 0.409 e. The van der Waals surface area contributed by atoms with Crippen molar-refractivity contribution in [2.75, 3.05) is 13.7 Å². The van der Waals surface area contributed by atoms with Gasteiger partial charge in [-0.3, -0.25) is 0 Å². The SMILES string of the molecule is C=C(c1ccc(Cl)cc1)[N+](C=C(c1ncccn1)C(C)CC)=CC1CCC(C2C=CC=CC2)N(C(=O)OC)C1.